The topological polar surface area (TPSA) is 26.3 Å². The first-order valence-electron chi connectivity index (χ1n) is 10.8. The standard InChI is InChI=1S/C22H32O2/c1-21(12-16-8-19(21)18-4-2-3-17(16)18)24-20(23)22-9-13-5-14(10-22)7-15(6-13)11-22/h13-19H,2-12H2,1H3. The minimum Gasteiger partial charge on any atom is -0.459 e. The molecule has 0 aliphatic heterocycles. The summed E-state index contributed by atoms with van der Waals surface area (Å²) in [5, 5.41) is 0. The van der Waals surface area contributed by atoms with E-state index in [4.69, 9.17) is 4.74 Å². The minimum absolute atomic E-state index is 0.0747. The summed E-state index contributed by atoms with van der Waals surface area (Å²) >= 11 is 0. The van der Waals surface area contributed by atoms with E-state index in [1.807, 2.05) is 0 Å². The molecule has 7 saturated carbocycles. The zero-order valence-corrected chi connectivity index (χ0v) is 15.1. The molecular weight excluding hydrogens is 296 g/mol. The van der Waals surface area contributed by atoms with Gasteiger partial charge in [-0.15, -0.1) is 0 Å². The molecule has 0 spiro atoms. The van der Waals surface area contributed by atoms with Crippen molar-refractivity contribution in [2.75, 3.05) is 0 Å². The maximum Gasteiger partial charge on any atom is 0.312 e. The highest BCUT2D eigenvalue weighted by Crippen LogP contribution is 2.65. The maximum atomic E-state index is 13.4. The molecule has 7 aliphatic rings. The van der Waals surface area contributed by atoms with Crippen LogP contribution in [0.2, 0.25) is 0 Å². The molecule has 2 nitrogen and oxygen atoms in total. The number of hydrogen-bond acceptors (Lipinski definition) is 2. The van der Waals surface area contributed by atoms with Gasteiger partial charge in [-0.2, -0.15) is 0 Å². The zero-order chi connectivity index (χ0) is 16.1. The Morgan fingerprint density at radius 1 is 0.875 bits per heavy atom. The molecule has 7 fully saturated rings. The SMILES string of the molecule is CC1(OC(=O)C23CC4CC(CC(C4)C2)C3)CC2CC1C1CCCC21. The van der Waals surface area contributed by atoms with Crippen LogP contribution < -0.4 is 0 Å². The van der Waals surface area contributed by atoms with Crippen LogP contribution in [0.15, 0.2) is 0 Å². The molecule has 0 aromatic heterocycles. The summed E-state index contributed by atoms with van der Waals surface area (Å²) in [6.07, 6.45) is 14.4. The summed E-state index contributed by atoms with van der Waals surface area (Å²) in [5.41, 5.74) is -0.203. The first-order chi connectivity index (χ1) is 11.5. The van der Waals surface area contributed by atoms with Gasteiger partial charge in [0.25, 0.3) is 0 Å². The normalized spacial score (nSPS) is 59.8. The number of fused-ring (bicyclic) bond motifs is 5. The quantitative estimate of drug-likeness (QED) is 0.670. The second-order valence-corrected chi connectivity index (χ2v) is 11.0. The average molecular weight is 328 g/mol. The average Bonchev–Trinajstić information content (AvgIpc) is 3.16. The number of hydrogen-bond donors (Lipinski definition) is 0. The molecule has 0 heterocycles. The Kier molecular flexibility index (Phi) is 2.80. The molecule has 0 N–H and O–H groups in total. The lowest BCUT2D eigenvalue weighted by molar-refractivity contribution is -0.193. The third-order valence-electron chi connectivity index (χ3n) is 9.55. The molecule has 24 heavy (non-hydrogen) atoms. The molecule has 7 aliphatic carbocycles. The molecule has 0 aromatic rings. The van der Waals surface area contributed by atoms with Gasteiger partial charge in [0.1, 0.15) is 5.60 Å². The van der Waals surface area contributed by atoms with E-state index >= 15 is 0 Å². The number of rotatable bonds is 2. The molecule has 5 atom stereocenters. The monoisotopic (exact) mass is 328 g/mol. The van der Waals surface area contributed by atoms with E-state index in [1.54, 1.807) is 0 Å². The Balaban J connectivity index is 1.24. The summed E-state index contributed by atoms with van der Waals surface area (Å²) < 4.78 is 6.49. The maximum absolute atomic E-state index is 13.4. The van der Waals surface area contributed by atoms with E-state index in [0.717, 1.165) is 61.2 Å². The molecule has 0 amide bonds. The fraction of sp³-hybridized carbons (Fsp3) is 0.955. The minimum atomic E-state index is -0.128. The van der Waals surface area contributed by atoms with Gasteiger partial charge in [0.2, 0.25) is 0 Å². The van der Waals surface area contributed by atoms with Crippen molar-refractivity contribution in [3.8, 4) is 0 Å². The highest BCUT2D eigenvalue weighted by molar-refractivity contribution is 5.78. The van der Waals surface area contributed by atoms with Crippen molar-refractivity contribution in [3.05, 3.63) is 0 Å². The molecule has 0 aromatic carbocycles. The van der Waals surface area contributed by atoms with Crippen LogP contribution in [0.4, 0.5) is 0 Å². The third kappa shape index (κ3) is 1.81. The fourth-order valence-corrected chi connectivity index (χ4v) is 9.18. The zero-order valence-electron chi connectivity index (χ0n) is 15.1. The van der Waals surface area contributed by atoms with Crippen LogP contribution in [0.3, 0.4) is 0 Å². The number of carbonyl (C=O) groups is 1. The first kappa shape index (κ1) is 14.6. The molecule has 7 rings (SSSR count). The van der Waals surface area contributed by atoms with Crippen LogP contribution in [-0.4, -0.2) is 11.6 Å². The predicted molar refractivity (Wildman–Crippen MR) is 92.1 cm³/mol. The number of ether oxygens (including phenoxy) is 1. The van der Waals surface area contributed by atoms with Crippen molar-refractivity contribution >= 4 is 5.97 Å². The Morgan fingerprint density at radius 2 is 1.50 bits per heavy atom. The Morgan fingerprint density at radius 3 is 2.17 bits per heavy atom. The van der Waals surface area contributed by atoms with Gasteiger partial charge in [-0.25, -0.2) is 0 Å². The van der Waals surface area contributed by atoms with Crippen LogP contribution in [0.25, 0.3) is 0 Å². The Labute approximate surface area is 146 Å². The second-order valence-electron chi connectivity index (χ2n) is 11.0. The predicted octanol–water partition coefficient (Wildman–Crippen LogP) is 4.96. The molecule has 2 heteroatoms. The van der Waals surface area contributed by atoms with Gasteiger partial charge in [-0.05, 0) is 107 Å². The molecule has 6 bridgehead atoms. The van der Waals surface area contributed by atoms with Crippen molar-refractivity contribution in [1.82, 2.24) is 0 Å². The summed E-state index contributed by atoms with van der Waals surface area (Å²) in [4.78, 5) is 13.4. The van der Waals surface area contributed by atoms with Gasteiger partial charge in [-0.1, -0.05) is 6.42 Å². The highest BCUT2D eigenvalue weighted by atomic mass is 16.6. The van der Waals surface area contributed by atoms with Crippen LogP contribution in [0.1, 0.15) is 77.6 Å². The summed E-state index contributed by atoms with van der Waals surface area (Å²) in [6, 6.07) is 0. The second kappa shape index (κ2) is 4.60. The summed E-state index contributed by atoms with van der Waals surface area (Å²) in [5.74, 6) is 6.09. The van der Waals surface area contributed by atoms with Crippen LogP contribution in [0.5, 0.6) is 0 Å². The molecule has 0 radical (unpaired) electrons. The lowest BCUT2D eigenvalue weighted by atomic mass is 9.49. The first-order valence-corrected chi connectivity index (χ1v) is 10.8. The number of carbonyl (C=O) groups excluding carboxylic acids is 1. The summed E-state index contributed by atoms with van der Waals surface area (Å²) in [6.45, 7) is 2.30. The van der Waals surface area contributed by atoms with E-state index in [2.05, 4.69) is 6.92 Å². The van der Waals surface area contributed by atoms with Gasteiger partial charge >= 0.3 is 5.97 Å². The highest BCUT2D eigenvalue weighted by Gasteiger charge is 2.63. The number of esters is 1. The van der Waals surface area contributed by atoms with E-state index in [1.165, 1.54) is 44.9 Å². The van der Waals surface area contributed by atoms with E-state index in [-0.39, 0.29) is 17.0 Å². The van der Waals surface area contributed by atoms with Crippen LogP contribution in [0, 0.1) is 46.8 Å². The lowest BCUT2D eigenvalue weighted by Gasteiger charge is -2.56. The van der Waals surface area contributed by atoms with Gasteiger partial charge in [0, 0.05) is 5.92 Å². The van der Waals surface area contributed by atoms with Crippen molar-refractivity contribution in [2.24, 2.45) is 46.8 Å². The van der Waals surface area contributed by atoms with E-state index in [0.29, 0.717) is 5.92 Å². The van der Waals surface area contributed by atoms with Gasteiger partial charge in [0.15, 0.2) is 0 Å². The fourth-order valence-electron chi connectivity index (χ4n) is 9.18. The molecule has 0 saturated heterocycles. The van der Waals surface area contributed by atoms with Crippen molar-refractivity contribution in [1.29, 1.82) is 0 Å². The third-order valence-corrected chi connectivity index (χ3v) is 9.55. The largest absolute Gasteiger partial charge is 0.459 e. The van der Waals surface area contributed by atoms with Gasteiger partial charge in [0.05, 0.1) is 5.41 Å². The van der Waals surface area contributed by atoms with Crippen LogP contribution in [-0.2, 0) is 9.53 Å². The smallest absolute Gasteiger partial charge is 0.312 e. The Bertz CT molecular complexity index is 545. The van der Waals surface area contributed by atoms with E-state index < -0.39 is 0 Å². The van der Waals surface area contributed by atoms with Crippen molar-refractivity contribution in [3.63, 3.8) is 0 Å². The van der Waals surface area contributed by atoms with Crippen LogP contribution >= 0.6 is 0 Å². The Hall–Kier alpha value is -0.530. The van der Waals surface area contributed by atoms with Gasteiger partial charge < -0.3 is 4.74 Å². The van der Waals surface area contributed by atoms with Gasteiger partial charge in [-0.3, -0.25) is 4.79 Å². The van der Waals surface area contributed by atoms with Crippen molar-refractivity contribution in [2.45, 2.75) is 83.2 Å². The van der Waals surface area contributed by atoms with Crippen molar-refractivity contribution < 1.29 is 9.53 Å². The molecule has 132 valence electrons. The lowest BCUT2D eigenvalue weighted by Crippen LogP contribution is -2.53. The summed E-state index contributed by atoms with van der Waals surface area (Å²) in [7, 11) is 0. The van der Waals surface area contributed by atoms with E-state index in [9.17, 15) is 4.79 Å². The molecule has 5 unspecified atom stereocenters. The molecular formula is C22H32O2.